The van der Waals surface area contributed by atoms with Gasteiger partial charge >= 0.3 is 5.97 Å². The summed E-state index contributed by atoms with van der Waals surface area (Å²) >= 11 is 5.22. The number of carbonyl (C=O) groups excluding carboxylic acids is 1. The molecular weight excluding hydrogens is 170 g/mol. The summed E-state index contributed by atoms with van der Waals surface area (Å²) in [7, 11) is 0. The molecule has 11 heavy (non-hydrogen) atoms. The third-order valence-electron chi connectivity index (χ3n) is 0.870. The number of alkyl halides is 1. The fourth-order valence-corrected chi connectivity index (χ4v) is 0.542. The van der Waals surface area contributed by atoms with Gasteiger partial charge in [0.05, 0.1) is 0 Å². The van der Waals surface area contributed by atoms with Crippen molar-refractivity contribution >= 4 is 23.5 Å². The maximum atomic E-state index is 10.6. The highest BCUT2D eigenvalue weighted by molar-refractivity contribution is 6.19. The second-order valence-corrected chi connectivity index (χ2v) is 2.15. The molecule has 0 unspecified atom stereocenters. The summed E-state index contributed by atoms with van der Waals surface area (Å²) in [4.78, 5) is 20.7. The van der Waals surface area contributed by atoms with Crippen LogP contribution in [0, 0.1) is 0 Å². The average molecular weight is 178 g/mol. The first-order chi connectivity index (χ1) is 5.07. The summed E-state index contributed by atoms with van der Waals surface area (Å²) in [5.74, 6) is -1.51. The highest BCUT2D eigenvalue weighted by Crippen LogP contribution is 1.88. The van der Waals surface area contributed by atoms with Gasteiger partial charge in [-0.15, -0.1) is 11.6 Å². The Bertz CT molecular complexity index is 190. The van der Waals surface area contributed by atoms with E-state index in [4.69, 9.17) is 16.7 Å². The number of aliphatic carboxylic acids is 1. The average Bonchev–Trinajstić information content (AvgIpc) is 1.87. The third-order valence-corrected chi connectivity index (χ3v) is 1.06. The minimum atomic E-state index is -1.24. The molecule has 0 saturated heterocycles. The third kappa shape index (κ3) is 4.38. The van der Waals surface area contributed by atoms with Crippen molar-refractivity contribution in [3.05, 3.63) is 12.3 Å². The topological polar surface area (TPSA) is 66.4 Å². The van der Waals surface area contributed by atoms with Crippen LogP contribution >= 0.6 is 11.6 Å². The van der Waals surface area contributed by atoms with E-state index in [-0.39, 0.29) is 18.0 Å². The molecule has 5 heteroatoms. The van der Waals surface area contributed by atoms with Crippen LogP contribution in [0.1, 0.15) is 6.42 Å². The SMILES string of the molecule is C=C(NC(=O)CCCl)C(=O)O. The lowest BCUT2D eigenvalue weighted by molar-refractivity contribution is -0.134. The van der Waals surface area contributed by atoms with Crippen LogP contribution in [-0.4, -0.2) is 22.9 Å². The van der Waals surface area contributed by atoms with Crippen LogP contribution in [0.3, 0.4) is 0 Å². The molecular formula is C6H8ClNO3. The summed E-state index contributed by atoms with van der Waals surface area (Å²) < 4.78 is 0. The summed E-state index contributed by atoms with van der Waals surface area (Å²) in [6.07, 6.45) is 0.0911. The van der Waals surface area contributed by atoms with Gasteiger partial charge in [0.25, 0.3) is 0 Å². The van der Waals surface area contributed by atoms with E-state index in [0.717, 1.165) is 0 Å². The maximum Gasteiger partial charge on any atom is 0.351 e. The van der Waals surface area contributed by atoms with Gasteiger partial charge in [-0.3, -0.25) is 4.79 Å². The van der Waals surface area contributed by atoms with Gasteiger partial charge in [-0.1, -0.05) is 6.58 Å². The molecule has 0 aromatic carbocycles. The summed E-state index contributed by atoms with van der Waals surface area (Å²) in [5, 5.41) is 10.3. The number of hydrogen-bond acceptors (Lipinski definition) is 2. The molecule has 0 aliphatic rings. The standard InChI is InChI=1S/C6H8ClNO3/c1-4(6(10)11)8-5(9)2-3-7/h1-3H2,(H,8,9)(H,10,11). The predicted octanol–water partition coefficient (Wildman–Crippen LogP) is 0.330. The fourth-order valence-electron chi connectivity index (χ4n) is 0.370. The highest BCUT2D eigenvalue weighted by atomic mass is 35.5. The number of carboxylic acid groups (broad SMARTS) is 1. The minimum absolute atomic E-state index is 0.0911. The normalized spacial score (nSPS) is 8.82. The van der Waals surface area contributed by atoms with Gasteiger partial charge in [-0.05, 0) is 0 Å². The van der Waals surface area contributed by atoms with Gasteiger partial charge in [0.15, 0.2) is 0 Å². The molecule has 0 rings (SSSR count). The molecule has 0 radical (unpaired) electrons. The lowest BCUT2D eigenvalue weighted by Crippen LogP contribution is -2.26. The molecule has 0 fully saturated rings. The summed E-state index contributed by atoms with van der Waals surface area (Å²) in [6.45, 7) is 3.10. The Morgan fingerprint density at radius 3 is 2.45 bits per heavy atom. The molecule has 62 valence electrons. The van der Waals surface area contributed by atoms with Crippen molar-refractivity contribution in [1.82, 2.24) is 5.32 Å². The second kappa shape index (κ2) is 4.73. The fraction of sp³-hybridized carbons (Fsp3) is 0.333. The molecule has 1 amide bonds. The molecule has 0 aromatic rings. The van der Waals surface area contributed by atoms with E-state index in [1.54, 1.807) is 0 Å². The molecule has 0 heterocycles. The summed E-state index contributed by atoms with van der Waals surface area (Å²) in [5.41, 5.74) is -0.333. The lowest BCUT2D eigenvalue weighted by atomic mass is 10.4. The van der Waals surface area contributed by atoms with Crippen molar-refractivity contribution in [2.75, 3.05) is 5.88 Å². The zero-order valence-electron chi connectivity index (χ0n) is 5.76. The van der Waals surface area contributed by atoms with Gasteiger partial charge < -0.3 is 10.4 Å². The zero-order chi connectivity index (χ0) is 8.85. The first kappa shape index (κ1) is 9.97. The molecule has 0 aliphatic carbocycles. The Kier molecular flexibility index (Phi) is 4.29. The van der Waals surface area contributed by atoms with Crippen molar-refractivity contribution in [2.45, 2.75) is 6.42 Å². The van der Waals surface area contributed by atoms with Crippen LogP contribution in [0.25, 0.3) is 0 Å². The number of rotatable bonds is 4. The largest absolute Gasteiger partial charge is 0.477 e. The van der Waals surface area contributed by atoms with Crippen molar-refractivity contribution in [3.63, 3.8) is 0 Å². The van der Waals surface area contributed by atoms with E-state index in [1.807, 2.05) is 0 Å². The molecule has 0 spiro atoms. The molecule has 0 bridgehead atoms. The maximum absolute atomic E-state index is 10.6. The first-order valence-corrected chi connectivity index (χ1v) is 3.39. The van der Waals surface area contributed by atoms with E-state index in [9.17, 15) is 9.59 Å². The van der Waals surface area contributed by atoms with Crippen molar-refractivity contribution in [1.29, 1.82) is 0 Å². The van der Waals surface area contributed by atoms with Crippen molar-refractivity contribution < 1.29 is 14.7 Å². The Hall–Kier alpha value is -1.03. The van der Waals surface area contributed by atoms with Crippen LogP contribution < -0.4 is 5.32 Å². The molecule has 2 N–H and O–H groups in total. The first-order valence-electron chi connectivity index (χ1n) is 2.86. The quantitative estimate of drug-likeness (QED) is 0.481. The van der Waals surface area contributed by atoms with Crippen LogP contribution in [-0.2, 0) is 9.59 Å². The molecule has 4 nitrogen and oxygen atoms in total. The van der Waals surface area contributed by atoms with Crippen molar-refractivity contribution in [2.24, 2.45) is 0 Å². The number of carboxylic acids is 1. The Morgan fingerprint density at radius 1 is 1.55 bits per heavy atom. The number of carbonyl (C=O) groups is 2. The Labute approximate surface area is 68.8 Å². The van der Waals surface area contributed by atoms with Gasteiger partial charge in [-0.25, -0.2) is 4.79 Å². The Balaban J connectivity index is 3.76. The molecule has 0 saturated carbocycles. The molecule has 0 aliphatic heterocycles. The number of hydrogen-bond donors (Lipinski definition) is 2. The monoisotopic (exact) mass is 177 g/mol. The predicted molar refractivity (Wildman–Crippen MR) is 40.3 cm³/mol. The van der Waals surface area contributed by atoms with Gasteiger partial charge in [-0.2, -0.15) is 0 Å². The Morgan fingerprint density at radius 2 is 2.09 bits per heavy atom. The van der Waals surface area contributed by atoms with Crippen LogP contribution in [0.5, 0.6) is 0 Å². The van der Waals surface area contributed by atoms with Gasteiger partial charge in [0.2, 0.25) is 5.91 Å². The number of halogens is 1. The smallest absolute Gasteiger partial charge is 0.351 e. The molecule has 0 aromatic heterocycles. The van der Waals surface area contributed by atoms with Crippen LogP contribution in [0.4, 0.5) is 0 Å². The van der Waals surface area contributed by atoms with E-state index in [2.05, 4.69) is 11.9 Å². The van der Waals surface area contributed by atoms with Gasteiger partial charge in [0.1, 0.15) is 5.70 Å². The lowest BCUT2D eigenvalue weighted by Gasteiger charge is -2.00. The number of amides is 1. The van der Waals surface area contributed by atoms with E-state index < -0.39 is 11.9 Å². The highest BCUT2D eigenvalue weighted by Gasteiger charge is 2.06. The van der Waals surface area contributed by atoms with Crippen LogP contribution in [0.15, 0.2) is 12.3 Å². The van der Waals surface area contributed by atoms with E-state index in [0.29, 0.717) is 0 Å². The molecule has 0 atom stereocenters. The number of nitrogens with one attached hydrogen (secondary N) is 1. The second-order valence-electron chi connectivity index (χ2n) is 1.77. The minimum Gasteiger partial charge on any atom is -0.477 e. The summed E-state index contributed by atoms with van der Waals surface area (Å²) in [6, 6.07) is 0. The van der Waals surface area contributed by atoms with Crippen LogP contribution in [0.2, 0.25) is 0 Å². The van der Waals surface area contributed by atoms with E-state index >= 15 is 0 Å². The van der Waals surface area contributed by atoms with Crippen molar-refractivity contribution in [3.8, 4) is 0 Å². The zero-order valence-corrected chi connectivity index (χ0v) is 6.52. The van der Waals surface area contributed by atoms with E-state index in [1.165, 1.54) is 0 Å². The van der Waals surface area contributed by atoms with Gasteiger partial charge in [0, 0.05) is 12.3 Å².